The number of carbonyl (C=O) groups excluding carboxylic acids is 1. The molecule has 0 bridgehead atoms. The van der Waals surface area contributed by atoms with Gasteiger partial charge in [-0.2, -0.15) is 0 Å². The molecule has 0 saturated heterocycles. The Labute approximate surface area is 89.0 Å². The van der Waals surface area contributed by atoms with E-state index in [4.69, 9.17) is 10.8 Å². The van der Waals surface area contributed by atoms with Crippen molar-refractivity contribution in [1.82, 2.24) is 5.32 Å². The van der Waals surface area contributed by atoms with Crippen molar-refractivity contribution >= 4 is 11.9 Å². The van der Waals surface area contributed by atoms with Crippen molar-refractivity contribution in [3.63, 3.8) is 0 Å². The van der Waals surface area contributed by atoms with Crippen molar-refractivity contribution in [2.75, 3.05) is 6.54 Å². The fourth-order valence-electron chi connectivity index (χ4n) is 0.749. The summed E-state index contributed by atoms with van der Waals surface area (Å²) in [7, 11) is 0. The van der Waals surface area contributed by atoms with Gasteiger partial charge in [0.2, 0.25) is 5.91 Å². The van der Waals surface area contributed by atoms with Crippen molar-refractivity contribution in [3.8, 4) is 11.8 Å². The molecular weight excluding hydrogens is 196 g/mol. The maximum Gasteiger partial charge on any atom is 0.323 e. The number of carbonyl (C=O) groups is 2. The number of carboxylic acid groups (broad SMARTS) is 1. The highest BCUT2D eigenvalue weighted by Crippen LogP contribution is 2.07. The van der Waals surface area contributed by atoms with Crippen LogP contribution in [0.5, 0.6) is 0 Å². The molecule has 0 unspecified atom stereocenters. The third-order valence-electron chi connectivity index (χ3n) is 1.81. The first kappa shape index (κ1) is 13.5. The van der Waals surface area contributed by atoms with Crippen molar-refractivity contribution in [3.05, 3.63) is 0 Å². The Hall–Kier alpha value is -1.54. The predicted octanol–water partition coefficient (Wildman–Crippen LogP) is -0.292. The van der Waals surface area contributed by atoms with E-state index in [0.717, 1.165) is 0 Å². The largest absolute Gasteiger partial charge is 0.480 e. The molecular formula is C10H16N2O3. The minimum atomic E-state index is -1.23. The summed E-state index contributed by atoms with van der Waals surface area (Å²) >= 11 is 0. The van der Waals surface area contributed by atoms with Crippen molar-refractivity contribution in [2.45, 2.75) is 32.2 Å². The van der Waals surface area contributed by atoms with Crippen molar-refractivity contribution in [2.24, 2.45) is 5.73 Å². The molecule has 0 rings (SSSR count). The normalized spacial score (nSPS) is 13.3. The van der Waals surface area contributed by atoms with Gasteiger partial charge in [-0.25, -0.2) is 0 Å². The van der Waals surface area contributed by atoms with Crippen LogP contribution in [0.2, 0.25) is 0 Å². The van der Waals surface area contributed by atoms with Crippen LogP contribution in [0, 0.1) is 11.8 Å². The van der Waals surface area contributed by atoms with Gasteiger partial charge in [-0.15, -0.1) is 5.92 Å². The molecule has 1 amide bonds. The molecule has 0 aliphatic carbocycles. The third kappa shape index (κ3) is 6.52. The Kier molecular flexibility index (Phi) is 5.42. The van der Waals surface area contributed by atoms with Gasteiger partial charge in [-0.3, -0.25) is 9.59 Å². The second-order valence-corrected chi connectivity index (χ2v) is 3.49. The fourth-order valence-corrected chi connectivity index (χ4v) is 0.749. The monoisotopic (exact) mass is 212 g/mol. The third-order valence-corrected chi connectivity index (χ3v) is 1.81. The summed E-state index contributed by atoms with van der Waals surface area (Å²) < 4.78 is 0. The zero-order chi connectivity index (χ0) is 11.9. The SMILES string of the molecule is CC(=O)NCC#CCC[C@](C)(N)C(=O)O. The summed E-state index contributed by atoms with van der Waals surface area (Å²) in [6.07, 6.45) is 0.689. The lowest BCUT2D eigenvalue weighted by Gasteiger charge is -2.16. The molecule has 15 heavy (non-hydrogen) atoms. The molecule has 5 heteroatoms. The number of aliphatic carboxylic acids is 1. The Morgan fingerprint density at radius 3 is 2.53 bits per heavy atom. The highest BCUT2D eigenvalue weighted by atomic mass is 16.4. The first-order valence-electron chi connectivity index (χ1n) is 4.58. The van der Waals surface area contributed by atoms with Gasteiger partial charge in [0, 0.05) is 13.3 Å². The maximum absolute atomic E-state index is 10.6. The zero-order valence-electron chi connectivity index (χ0n) is 8.96. The van der Waals surface area contributed by atoms with E-state index >= 15 is 0 Å². The number of amides is 1. The smallest absolute Gasteiger partial charge is 0.323 e. The van der Waals surface area contributed by atoms with Crippen LogP contribution in [0.1, 0.15) is 26.7 Å². The molecule has 0 spiro atoms. The molecule has 4 N–H and O–H groups in total. The molecule has 0 aromatic heterocycles. The summed E-state index contributed by atoms with van der Waals surface area (Å²) in [5.74, 6) is 4.27. The van der Waals surface area contributed by atoms with Crippen LogP contribution in [-0.2, 0) is 9.59 Å². The summed E-state index contributed by atoms with van der Waals surface area (Å²) in [6, 6.07) is 0. The number of nitrogens with two attached hydrogens (primary N) is 1. The molecule has 0 radical (unpaired) electrons. The summed E-state index contributed by atoms with van der Waals surface area (Å²) in [4.78, 5) is 21.0. The molecule has 84 valence electrons. The van der Waals surface area contributed by atoms with Crippen molar-refractivity contribution < 1.29 is 14.7 Å². The maximum atomic E-state index is 10.6. The number of rotatable bonds is 4. The van der Waals surface area contributed by atoms with Gasteiger partial charge in [-0.1, -0.05) is 5.92 Å². The van der Waals surface area contributed by atoms with E-state index in [9.17, 15) is 9.59 Å². The number of hydrogen-bond donors (Lipinski definition) is 3. The number of nitrogens with one attached hydrogen (secondary N) is 1. The fraction of sp³-hybridized carbons (Fsp3) is 0.600. The first-order valence-corrected chi connectivity index (χ1v) is 4.58. The molecule has 0 aliphatic heterocycles. The van der Waals surface area contributed by atoms with Gasteiger partial charge >= 0.3 is 5.97 Å². The van der Waals surface area contributed by atoms with E-state index in [2.05, 4.69) is 17.2 Å². The van der Waals surface area contributed by atoms with Gasteiger partial charge in [-0.05, 0) is 13.3 Å². The highest BCUT2D eigenvalue weighted by Gasteiger charge is 2.26. The average Bonchev–Trinajstić information content (AvgIpc) is 2.10. The lowest BCUT2D eigenvalue weighted by molar-refractivity contribution is -0.142. The van der Waals surface area contributed by atoms with Gasteiger partial charge < -0.3 is 16.2 Å². The quantitative estimate of drug-likeness (QED) is 0.558. The molecule has 0 aromatic carbocycles. The summed E-state index contributed by atoms with van der Waals surface area (Å²) in [5, 5.41) is 11.2. The van der Waals surface area contributed by atoms with E-state index in [1.165, 1.54) is 13.8 Å². The lowest BCUT2D eigenvalue weighted by atomic mass is 9.98. The zero-order valence-corrected chi connectivity index (χ0v) is 8.96. The minimum Gasteiger partial charge on any atom is -0.480 e. The second kappa shape index (κ2) is 6.04. The standard InChI is InChI=1S/C10H16N2O3/c1-8(13)12-7-5-3-4-6-10(2,11)9(14)15/h4,6-7,11H2,1-2H3,(H,12,13)(H,14,15)/t10-/m0/s1. The molecule has 0 aromatic rings. The van der Waals surface area contributed by atoms with E-state index in [1.54, 1.807) is 0 Å². The van der Waals surface area contributed by atoms with E-state index in [-0.39, 0.29) is 18.9 Å². The van der Waals surface area contributed by atoms with Crippen LogP contribution in [0.3, 0.4) is 0 Å². The van der Waals surface area contributed by atoms with Gasteiger partial charge in [0.15, 0.2) is 0 Å². The Balaban J connectivity index is 3.78. The minimum absolute atomic E-state index is 0.140. The molecule has 0 heterocycles. The van der Waals surface area contributed by atoms with E-state index in [0.29, 0.717) is 6.42 Å². The van der Waals surface area contributed by atoms with Crippen molar-refractivity contribution in [1.29, 1.82) is 0 Å². The summed E-state index contributed by atoms with van der Waals surface area (Å²) in [6.45, 7) is 3.14. The Morgan fingerprint density at radius 1 is 1.47 bits per heavy atom. The molecule has 5 nitrogen and oxygen atoms in total. The Bertz CT molecular complexity index is 300. The van der Waals surface area contributed by atoms with E-state index in [1.807, 2.05) is 0 Å². The lowest BCUT2D eigenvalue weighted by Crippen LogP contribution is -2.44. The topological polar surface area (TPSA) is 92.4 Å². The Morgan fingerprint density at radius 2 is 2.07 bits per heavy atom. The van der Waals surface area contributed by atoms with Gasteiger partial charge in [0.1, 0.15) is 5.54 Å². The van der Waals surface area contributed by atoms with Crippen LogP contribution < -0.4 is 11.1 Å². The van der Waals surface area contributed by atoms with Crippen LogP contribution in [0.4, 0.5) is 0 Å². The van der Waals surface area contributed by atoms with Gasteiger partial charge in [0.25, 0.3) is 0 Å². The van der Waals surface area contributed by atoms with Crippen LogP contribution in [0.15, 0.2) is 0 Å². The first-order chi connectivity index (χ1) is 6.86. The summed E-state index contributed by atoms with van der Waals surface area (Å²) in [5.41, 5.74) is 4.25. The average molecular weight is 212 g/mol. The van der Waals surface area contributed by atoms with E-state index < -0.39 is 11.5 Å². The van der Waals surface area contributed by atoms with Gasteiger partial charge in [0.05, 0.1) is 6.54 Å². The highest BCUT2D eigenvalue weighted by molar-refractivity contribution is 5.77. The van der Waals surface area contributed by atoms with Crippen LogP contribution >= 0.6 is 0 Å². The number of carboxylic acids is 1. The molecule has 0 saturated carbocycles. The predicted molar refractivity (Wildman–Crippen MR) is 55.9 cm³/mol. The molecule has 0 fully saturated rings. The van der Waals surface area contributed by atoms with Crippen LogP contribution in [0.25, 0.3) is 0 Å². The molecule has 0 aliphatic rings. The molecule has 1 atom stereocenters. The second-order valence-electron chi connectivity index (χ2n) is 3.49. The van der Waals surface area contributed by atoms with Crippen LogP contribution in [-0.4, -0.2) is 29.1 Å². The number of hydrogen-bond acceptors (Lipinski definition) is 3.